The molecule has 0 amide bonds. The first-order valence-corrected chi connectivity index (χ1v) is 6.38. The molecule has 0 aliphatic heterocycles. The summed E-state index contributed by atoms with van der Waals surface area (Å²) in [5.74, 6) is 0.940. The van der Waals surface area contributed by atoms with Gasteiger partial charge in [-0.05, 0) is 31.9 Å². The molecule has 0 saturated carbocycles. The van der Waals surface area contributed by atoms with E-state index in [1.165, 1.54) is 5.56 Å². The summed E-state index contributed by atoms with van der Waals surface area (Å²) in [5, 5.41) is 3.35. The zero-order chi connectivity index (χ0) is 13.0. The molecule has 0 radical (unpaired) electrons. The third-order valence-corrected chi connectivity index (χ3v) is 2.76. The van der Waals surface area contributed by atoms with Crippen molar-refractivity contribution in [2.24, 2.45) is 0 Å². The number of aromatic nitrogens is 3. The monoisotopic (exact) mass is 244 g/mol. The zero-order valence-electron chi connectivity index (χ0n) is 11.3. The minimum atomic E-state index is 0.806. The molecular formula is C14H20N4. The summed E-state index contributed by atoms with van der Waals surface area (Å²) in [5.41, 5.74) is 3.27. The maximum absolute atomic E-state index is 4.49. The van der Waals surface area contributed by atoms with E-state index in [1.807, 2.05) is 26.1 Å². The first-order chi connectivity index (χ1) is 8.69. The summed E-state index contributed by atoms with van der Waals surface area (Å²) in [7, 11) is 0. The Hall–Kier alpha value is -1.84. The molecular weight excluding hydrogens is 224 g/mol. The normalized spacial score (nSPS) is 10.6. The van der Waals surface area contributed by atoms with Crippen LogP contribution in [0.2, 0.25) is 0 Å². The summed E-state index contributed by atoms with van der Waals surface area (Å²) < 4.78 is 2.14. The van der Waals surface area contributed by atoms with E-state index in [1.54, 1.807) is 0 Å². The second-order valence-corrected chi connectivity index (χ2v) is 4.57. The Morgan fingerprint density at radius 3 is 2.72 bits per heavy atom. The Morgan fingerprint density at radius 1 is 1.22 bits per heavy atom. The average Bonchev–Trinajstić information content (AvgIpc) is 2.70. The molecule has 0 fully saturated rings. The molecule has 2 heterocycles. The molecule has 2 aromatic heterocycles. The fraction of sp³-hybridized carbons (Fsp3) is 0.429. The quantitative estimate of drug-likeness (QED) is 0.879. The highest BCUT2D eigenvalue weighted by Crippen LogP contribution is 2.11. The number of pyridine rings is 1. The van der Waals surface area contributed by atoms with Gasteiger partial charge in [-0.3, -0.25) is 4.98 Å². The van der Waals surface area contributed by atoms with Crippen LogP contribution in [0.25, 0.3) is 0 Å². The summed E-state index contributed by atoms with van der Waals surface area (Å²) >= 11 is 0. The maximum atomic E-state index is 4.49. The second kappa shape index (κ2) is 5.67. The molecule has 96 valence electrons. The number of hydrogen-bond acceptors (Lipinski definition) is 3. The van der Waals surface area contributed by atoms with E-state index in [0.29, 0.717) is 0 Å². The lowest BCUT2D eigenvalue weighted by Gasteiger charge is -2.09. The van der Waals surface area contributed by atoms with E-state index in [4.69, 9.17) is 0 Å². The van der Waals surface area contributed by atoms with Gasteiger partial charge in [0.05, 0.1) is 12.2 Å². The molecule has 18 heavy (non-hydrogen) atoms. The molecule has 0 aliphatic rings. The van der Waals surface area contributed by atoms with Crippen molar-refractivity contribution < 1.29 is 0 Å². The van der Waals surface area contributed by atoms with Crippen molar-refractivity contribution in [3.8, 4) is 0 Å². The number of rotatable bonds is 5. The summed E-state index contributed by atoms with van der Waals surface area (Å²) in [6.45, 7) is 7.92. The molecule has 0 saturated heterocycles. The van der Waals surface area contributed by atoms with E-state index in [0.717, 1.165) is 36.8 Å². The van der Waals surface area contributed by atoms with Crippen LogP contribution in [0.4, 0.5) is 5.95 Å². The number of hydrogen-bond donors (Lipinski definition) is 1. The van der Waals surface area contributed by atoms with Crippen LogP contribution in [-0.4, -0.2) is 21.1 Å². The molecule has 0 aliphatic carbocycles. The highest BCUT2D eigenvalue weighted by atomic mass is 15.2. The van der Waals surface area contributed by atoms with Gasteiger partial charge in [0.25, 0.3) is 0 Å². The molecule has 4 nitrogen and oxygen atoms in total. The van der Waals surface area contributed by atoms with Crippen molar-refractivity contribution in [2.75, 3.05) is 11.9 Å². The van der Waals surface area contributed by atoms with Gasteiger partial charge in [-0.15, -0.1) is 0 Å². The van der Waals surface area contributed by atoms with Gasteiger partial charge in [0.15, 0.2) is 0 Å². The van der Waals surface area contributed by atoms with Crippen LogP contribution in [0.15, 0.2) is 24.5 Å². The third-order valence-electron chi connectivity index (χ3n) is 2.76. The highest BCUT2D eigenvalue weighted by molar-refractivity contribution is 5.30. The fourth-order valence-electron chi connectivity index (χ4n) is 1.83. The van der Waals surface area contributed by atoms with Crippen LogP contribution in [0.1, 0.15) is 30.3 Å². The molecule has 1 N–H and O–H groups in total. The molecule has 0 aromatic carbocycles. The Morgan fingerprint density at radius 2 is 2.06 bits per heavy atom. The SMILES string of the molecule is CCCNc1nc(C)cn1Cc1ccc(C)nc1. The molecule has 2 aromatic rings. The molecule has 0 bridgehead atoms. The molecule has 0 atom stereocenters. The van der Waals surface area contributed by atoms with Gasteiger partial charge >= 0.3 is 0 Å². The Labute approximate surface area is 108 Å². The lowest BCUT2D eigenvalue weighted by Crippen LogP contribution is -2.08. The van der Waals surface area contributed by atoms with Gasteiger partial charge in [-0.2, -0.15) is 0 Å². The number of imidazole rings is 1. The highest BCUT2D eigenvalue weighted by Gasteiger charge is 2.05. The van der Waals surface area contributed by atoms with Crippen molar-refractivity contribution in [1.29, 1.82) is 0 Å². The summed E-state index contributed by atoms with van der Waals surface area (Å²) in [4.78, 5) is 8.81. The minimum Gasteiger partial charge on any atom is -0.356 e. The molecule has 0 spiro atoms. The van der Waals surface area contributed by atoms with E-state index in [-0.39, 0.29) is 0 Å². The number of nitrogens with one attached hydrogen (secondary N) is 1. The molecule has 2 rings (SSSR count). The van der Waals surface area contributed by atoms with Crippen molar-refractivity contribution in [2.45, 2.75) is 33.7 Å². The summed E-state index contributed by atoms with van der Waals surface area (Å²) in [6, 6.07) is 4.15. The minimum absolute atomic E-state index is 0.806. The van der Waals surface area contributed by atoms with Crippen molar-refractivity contribution >= 4 is 5.95 Å². The van der Waals surface area contributed by atoms with E-state index in [9.17, 15) is 0 Å². The van der Waals surface area contributed by atoms with Crippen LogP contribution in [0, 0.1) is 13.8 Å². The lowest BCUT2D eigenvalue weighted by atomic mass is 10.2. The third kappa shape index (κ3) is 3.09. The van der Waals surface area contributed by atoms with Gasteiger partial charge in [0.2, 0.25) is 5.95 Å². The van der Waals surface area contributed by atoms with Gasteiger partial charge in [0.1, 0.15) is 0 Å². The first kappa shape index (κ1) is 12.6. The van der Waals surface area contributed by atoms with Crippen LogP contribution in [-0.2, 0) is 6.54 Å². The van der Waals surface area contributed by atoms with Crippen molar-refractivity contribution in [1.82, 2.24) is 14.5 Å². The van der Waals surface area contributed by atoms with E-state index >= 15 is 0 Å². The van der Waals surface area contributed by atoms with Crippen molar-refractivity contribution in [3.63, 3.8) is 0 Å². The van der Waals surface area contributed by atoms with Crippen LogP contribution < -0.4 is 5.32 Å². The predicted molar refractivity (Wildman–Crippen MR) is 73.8 cm³/mol. The Kier molecular flexibility index (Phi) is 3.97. The Balaban J connectivity index is 2.14. The molecule has 4 heteroatoms. The number of nitrogens with zero attached hydrogens (tertiary/aromatic N) is 3. The predicted octanol–water partition coefficient (Wildman–Crippen LogP) is 2.77. The van der Waals surface area contributed by atoms with E-state index < -0.39 is 0 Å². The zero-order valence-corrected chi connectivity index (χ0v) is 11.3. The molecule has 0 unspecified atom stereocenters. The van der Waals surface area contributed by atoms with Gasteiger partial charge in [-0.25, -0.2) is 4.98 Å². The van der Waals surface area contributed by atoms with Gasteiger partial charge < -0.3 is 9.88 Å². The Bertz CT molecular complexity index is 499. The van der Waals surface area contributed by atoms with Gasteiger partial charge in [-0.1, -0.05) is 13.0 Å². The first-order valence-electron chi connectivity index (χ1n) is 6.38. The summed E-state index contributed by atoms with van der Waals surface area (Å²) in [6.07, 6.45) is 5.09. The van der Waals surface area contributed by atoms with Crippen LogP contribution in [0.5, 0.6) is 0 Å². The number of aryl methyl sites for hydroxylation is 2. The standard InChI is InChI=1S/C14H20N4/c1-4-7-15-14-17-12(3)9-18(14)10-13-6-5-11(2)16-8-13/h5-6,8-9H,4,7,10H2,1-3H3,(H,15,17). The second-order valence-electron chi connectivity index (χ2n) is 4.57. The largest absolute Gasteiger partial charge is 0.356 e. The average molecular weight is 244 g/mol. The topological polar surface area (TPSA) is 42.7 Å². The fourth-order valence-corrected chi connectivity index (χ4v) is 1.83. The van der Waals surface area contributed by atoms with Crippen molar-refractivity contribution in [3.05, 3.63) is 41.5 Å². The van der Waals surface area contributed by atoms with Crippen LogP contribution in [0.3, 0.4) is 0 Å². The van der Waals surface area contributed by atoms with Crippen LogP contribution >= 0.6 is 0 Å². The van der Waals surface area contributed by atoms with Gasteiger partial charge in [0, 0.05) is 24.6 Å². The van der Waals surface area contributed by atoms with E-state index in [2.05, 4.69) is 39.0 Å². The number of anilines is 1. The smallest absolute Gasteiger partial charge is 0.203 e. The lowest BCUT2D eigenvalue weighted by molar-refractivity contribution is 0.788. The maximum Gasteiger partial charge on any atom is 0.203 e.